The van der Waals surface area contributed by atoms with Crippen LogP contribution in [0.15, 0.2) is 40.8 Å². The van der Waals surface area contributed by atoms with Gasteiger partial charge in [0.25, 0.3) is 5.91 Å². The number of hydrogen-bond acceptors (Lipinski definition) is 4. The number of aliphatic hydroxyl groups excluding tert-OH is 1. The van der Waals surface area contributed by atoms with Crippen LogP contribution in [-0.2, 0) is 6.54 Å². The van der Waals surface area contributed by atoms with Gasteiger partial charge in [0.1, 0.15) is 5.76 Å². The monoisotopic (exact) mass is 348 g/mol. The number of piperidine rings is 1. The molecule has 0 radical (unpaired) electrons. The van der Waals surface area contributed by atoms with E-state index in [1.54, 1.807) is 29.2 Å². The maximum absolute atomic E-state index is 12.4. The van der Waals surface area contributed by atoms with E-state index >= 15 is 0 Å². The third kappa shape index (κ3) is 3.64. The van der Waals surface area contributed by atoms with Crippen molar-refractivity contribution in [2.75, 3.05) is 13.1 Å². The fraction of sp³-hybridized carbons (Fsp3) is 0.389. The molecule has 3 N–H and O–H groups in total. The van der Waals surface area contributed by atoms with Crippen LogP contribution in [0.4, 0.5) is 0 Å². The fourth-order valence-corrected chi connectivity index (χ4v) is 3.23. The minimum absolute atomic E-state index is 0.117. The zero-order valence-corrected chi connectivity index (χ0v) is 14.1. The quantitative estimate of drug-likeness (QED) is 0.890. The maximum atomic E-state index is 12.4. The zero-order valence-electron chi connectivity index (χ0n) is 13.3. The van der Waals surface area contributed by atoms with Crippen LogP contribution in [0.3, 0.4) is 0 Å². The highest BCUT2D eigenvalue weighted by atomic mass is 35.5. The average Bonchev–Trinajstić information content (AvgIpc) is 3.10. The lowest BCUT2D eigenvalue weighted by atomic mass is 9.87. The van der Waals surface area contributed by atoms with Crippen LogP contribution in [0, 0.1) is 5.92 Å². The highest BCUT2D eigenvalue weighted by Crippen LogP contribution is 2.31. The number of nitrogens with zero attached hydrogens (tertiary/aromatic N) is 1. The van der Waals surface area contributed by atoms with E-state index in [2.05, 4.69) is 0 Å². The van der Waals surface area contributed by atoms with Crippen molar-refractivity contribution in [3.05, 3.63) is 58.5 Å². The summed E-state index contributed by atoms with van der Waals surface area (Å²) < 4.78 is 5.42. The van der Waals surface area contributed by atoms with Crippen LogP contribution >= 0.6 is 11.6 Å². The van der Waals surface area contributed by atoms with Gasteiger partial charge >= 0.3 is 0 Å². The van der Waals surface area contributed by atoms with Gasteiger partial charge in [-0.2, -0.15) is 0 Å². The van der Waals surface area contributed by atoms with Crippen molar-refractivity contribution in [3.8, 4) is 0 Å². The molecule has 3 rings (SSSR count). The van der Waals surface area contributed by atoms with Crippen LogP contribution < -0.4 is 5.73 Å². The van der Waals surface area contributed by atoms with E-state index in [-0.39, 0.29) is 18.4 Å². The van der Waals surface area contributed by atoms with Crippen molar-refractivity contribution in [3.63, 3.8) is 0 Å². The molecule has 0 saturated carbocycles. The van der Waals surface area contributed by atoms with Crippen molar-refractivity contribution in [2.45, 2.75) is 25.5 Å². The fourth-order valence-electron chi connectivity index (χ4n) is 3.11. The molecule has 2 heterocycles. The molecule has 1 amide bonds. The van der Waals surface area contributed by atoms with Gasteiger partial charge in [-0.1, -0.05) is 23.7 Å². The summed E-state index contributed by atoms with van der Waals surface area (Å²) in [4.78, 5) is 14.2. The molecule has 0 bridgehead atoms. The predicted octanol–water partition coefficient (Wildman–Crippen LogP) is 2.98. The molecule has 5 nitrogen and oxygen atoms in total. The molecule has 1 aliphatic rings. The molecule has 1 saturated heterocycles. The number of furan rings is 1. The second kappa shape index (κ2) is 7.38. The number of aliphatic hydroxyl groups is 1. The van der Waals surface area contributed by atoms with Crippen LogP contribution in [0.1, 0.15) is 40.8 Å². The van der Waals surface area contributed by atoms with E-state index in [0.29, 0.717) is 29.6 Å². The standard InChI is InChI=1S/C18H21ClN2O3/c19-14-3-1-12(2-4-14)17(22)13-7-9-21(10-8-13)18(23)16-6-5-15(11-20)24-16/h1-6,13,17,22H,7-11,20H2. The number of rotatable bonds is 4. The normalized spacial score (nSPS) is 17.0. The summed E-state index contributed by atoms with van der Waals surface area (Å²) in [6.45, 7) is 1.49. The number of carbonyl (C=O) groups is 1. The molecule has 0 aliphatic carbocycles. The first-order valence-electron chi connectivity index (χ1n) is 8.10. The molecule has 6 heteroatoms. The lowest BCUT2D eigenvalue weighted by molar-refractivity contribution is 0.0441. The third-order valence-corrected chi connectivity index (χ3v) is 4.81. The van der Waals surface area contributed by atoms with Gasteiger partial charge < -0.3 is 20.2 Å². The Morgan fingerprint density at radius 3 is 2.50 bits per heavy atom. The molecule has 1 atom stereocenters. The summed E-state index contributed by atoms with van der Waals surface area (Å²) in [5, 5.41) is 11.2. The second-order valence-electron chi connectivity index (χ2n) is 6.10. The first-order valence-corrected chi connectivity index (χ1v) is 8.48. The van der Waals surface area contributed by atoms with Crippen LogP contribution in [0.25, 0.3) is 0 Å². The van der Waals surface area contributed by atoms with Crippen molar-refractivity contribution < 1.29 is 14.3 Å². The molecule has 1 aromatic heterocycles. The SMILES string of the molecule is NCc1ccc(C(=O)N2CCC(C(O)c3ccc(Cl)cc3)CC2)o1. The van der Waals surface area contributed by atoms with E-state index in [1.807, 2.05) is 12.1 Å². The Labute approximate surface area is 146 Å². The Balaban J connectivity index is 1.58. The predicted molar refractivity (Wildman–Crippen MR) is 91.6 cm³/mol. The summed E-state index contributed by atoms with van der Waals surface area (Å²) in [6.07, 6.45) is 0.965. The Bertz CT molecular complexity index is 691. The lowest BCUT2D eigenvalue weighted by Gasteiger charge is -2.34. The number of carbonyl (C=O) groups excluding carboxylic acids is 1. The number of nitrogens with two attached hydrogens (primary N) is 1. The molecule has 1 fully saturated rings. The van der Waals surface area contributed by atoms with E-state index in [4.69, 9.17) is 21.8 Å². The van der Waals surface area contributed by atoms with Crippen molar-refractivity contribution in [1.82, 2.24) is 4.90 Å². The summed E-state index contributed by atoms with van der Waals surface area (Å²) >= 11 is 5.88. The Kier molecular flexibility index (Phi) is 5.23. The lowest BCUT2D eigenvalue weighted by Crippen LogP contribution is -2.39. The molecule has 1 unspecified atom stereocenters. The Hall–Kier alpha value is -1.82. The van der Waals surface area contributed by atoms with E-state index in [1.165, 1.54) is 0 Å². The van der Waals surface area contributed by atoms with Crippen LogP contribution in [0.2, 0.25) is 5.02 Å². The smallest absolute Gasteiger partial charge is 0.289 e. The van der Waals surface area contributed by atoms with Crippen LogP contribution in [0.5, 0.6) is 0 Å². The second-order valence-corrected chi connectivity index (χ2v) is 6.53. The molecule has 1 aromatic carbocycles. The van der Waals surface area contributed by atoms with Gasteiger partial charge in [0.2, 0.25) is 0 Å². The number of hydrogen-bond donors (Lipinski definition) is 2. The molecule has 2 aromatic rings. The van der Waals surface area contributed by atoms with Crippen molar-refractivity contribution in [2.24, 2.45) is 11.7 Å². The Morgan fingerprint density at radius 1 is 1.25 bits per heavy atom. The highest BCUT2D eigenvalue weighted by Gasteiger charge is 2.29. The largest absolute Gasteiger partial charge is 0.455 e. The number of amides is 1. The molecular weight excluding hydrogens is 328 g/mol. The highest BCUT2D eigenvalue weighted by molar-refractivity contribution is 6.30. The zero-order chi connectivity index (χ0) is 17.1. The maximum Gasteiger partial charge on any atom is 0.289 e. The van der Waals surface area contributed by atoms with Gasteiger partial charge in [-0.05, 0) is 48.6 Å². The van der Waals surface area contributed by atoms with Gasteiger partial charge in [0, 0.05) is 18.1 Å². The molecule has 128 valence electrons. The van der Waals surface area contributed by atoms with Gasteiger partial charge in [-0.15, -0.1) is 0 Å². The van der Waals surface area contributed by atoms with Crippen molar-refractivity contribution in [1.29, 1.82) is 0 Å². The minimum atomic E-state index is -0.535. The molecule has 0 spiro atoms. The summed E-state index contributed by atoms with van der Waals surface area (Å²) in [5.74, 6) is 0.944. The Morgan fingerprint density at radius 2 is 1.92 bits per heavy atom. The molecule has 24 heavy (non-hydrogen) atoms. The minimum Gasteiger partial charge on any atom is -0.455 e. The van der Waals surface area contributed by atoms with E-state index < -0.39 is 6.10 Å². The first kappa shape index (κ1) is 17.0. The van der Waals surface area contributed by atoms with Crippen molar-refractivity contribution >= 4 is 17.5 Å². The topological polar surface area (TPSA) is 79.7 Å². The summed E-state index contributed by atoms with van der Waals surface area (Å²) in [6, 6.07) is 10.7. The molecular formula is C18H21ClN2O3. The number of benzene rings is 1. The van der Waals surface area contributed by atoms with Gasteiger partial charge in [-0.25, -0.2) is 0 Å². The summed E-state index contributed by atoms with van der Waals surface area (Å²) in [7, 11) is 0. The van der Waals surface area contributed by atoms with Crippen LogP contribution in [-0.4, -0.2) is 29.0 Å². The first-order chi connectivity index (χ1) is 11.6. The van der Waals surface area contributed by atoms with E-state index in [9.17, 15) is 9.90 Å². The number of halogens is 1. The van der Waals surface area contributed by atoms with Gasteiger partial charge in [0.05, 0.1) is 12.6 Å². The van der Waals surface area contributed by atoms with E-state index in [0.717, 1.165) is 18.4 Å². The summed E-state index contributed by atoms with van der Waals surface area (Å²) in [5.41, 5.74) is 6.37. The van der Waals surface area contributed by atoms with Gasteiger partial charge in [-0.3, -0.25) is 4.79 Å². The number of likely N-dealkylation sites (tertiary alicyclic amines) is 1. The third-order valence-electron chi connectivity index (χ3n) is 4.56. The average molecular weight is 349 g/mol. The van der Waals surface area contributed by atoms with Gasteiger partial charge in [0.15, 0.2) is 5.76 Å². The molecule has 1 aliphatic heterocycles.